The molecular weight excluding hydrogens is 218 g/mol. The van der Waals surface area contributed by atoms with E-state index in [4.69, 9.17) is 9.47 Å². The molecule has 17 heavy (non-hydrogen) atoms. The highest BCUT2D eigenvalue weighted by atomic mass is 16.7. The largest absolute Gasteiger partial charge is 0.454 e. The van der Waals surface area contributed by atoms with E-state index in [9.17, 15) is 4.79 Å². The third kappa shape index (κ3) is 1.63. The van der Waals surface area contributed by atoms with Crippen LogP contribution >= 0.6 is 0 Å². The van der Waals surface area contributed by atoms with Crippen LogP contribution in [0.2, 0.25) is 0 Å². The molecule has 0 radical (unpaired) electrons. The molecule has 2 aromatic rings. The number of fused-ring (bicyclic) bond motifs is 1. The second-order valence-corrected chi connectivity index (χ2v) is 3.65. The van der Waals surface area contributed by atoms with Gasteiger partial charge in [-0.2, -0.15) is 0 Å². The van der Waals surface area contributed by atoms with Crippen LogP contribution in [0.3, 0.4) is 0 Å². The van der Waals surface area contributed by atoms with Gasteiger partial charge in [0.25, 0.3) is 0 Å². The number of carbonyl (C=O) groups is 1. The molecule has 4 heteroatoms. The standard InChI is InChI=1S/C13H9NO3/c15-7-10-6-14-4-3-11(10)9-1-2-12-13(5-9)17-8-16-12/h1-7H,8H2. The highest BCUT2D eigenvalue weighted by Gasteiger charge is 2.14. The molecule has 4 nitrogen and oxygen atoms in total. The average molecular weight is 227 g/mol. The number of ether oxygens (including phenoxy) is 2. The van der Waals surface area contributed by atoms with Gasteiger partial charge in [-0.1, -0.05) is 6.07 Å². The predicted octanol–water partition coefficient (Wildman–Crippen LogP) is 2.29. The molecule has 1 aliphatic rings. The van der Waals surface area contributed by atoms with Crippen molar-refractivity contribution in [1.29, 1.82) is 0 Å². The summed E-state index contributed by atoms with van der Waals surface area (Å²) in [5.74, 6) is 1.44. The molecule has 3 rings (SSSR count). The SMILES string of the molecule is O=Cc1cnccc1-c1ccc2c(c1)OCO2. The van der Waals surface area contributed by atoms with Crippen LogP contribution in [0.1, 0.15) is 10.4 Å². The first-order valence-electron chi connectivity index (χ1n) is 5.18. The number of pyridine rings is 1. The van der Waals surface area contributed by atoms with Gasteiger partial charge in [0.05, 0.1) is 0 Å². The fourth-order valence-electron chi connectivity index (χ4n) is 1.83. The molecule has 0 atom stereocenters. The maximum absolute atomic E-state index is 10.9. The molecule has 1 aromatic carbocycles. The fraction of sp³-hybridized carbons (Fsp3) is 0.0769. The molecule has 0 saturated carbocycles. The van der Waals surface area contributed by atoms with E-state index in [1.54, 1.807) is 18.5 Å². The maximum Gasteiger partial charge on any atom is 0.231 e. The molecule has 2 heterocycles. The van der Waals surface area contributed by atoms with Crippen molar-refractivity contribution < 1.29 is 14.3 Å². The second kappa shape index (κ2) is 3.90. The minimum absolute atomic E-state index is 0.246. The number of aromatic nitrogens is 1. The quantitative estimate of drug-likeness (QED) is 0.738. The zero-order valence-electron chi connectivity index (χ0n) is 8.92. The molecule has 0 N–H and O–H groups in total. The summed E-state index contributed by atoms with van der Waals surface area (Å²) in [6, 6.07) is 7.41. The summed E-state index contributed by atoms with van der Waals surface area (Å²) in [6.45, 7) is 0.246. The number of rotatable bonds is 2. The van der Waals surface area contributed by atoms with Gasteiger partial charge >= 0.3 is 0 Å². The first kappa shape index (κ1) is 9.84. The van der Waals surface area contributed by atoms with Crippen LogP contribution < -0.4 is 9.47 Å². The highest BCUT2D eigenvalue weighted by Crippen LogP contribution is 2.36. The molecule has 0 amide bonds. The van der Waals surface area contributed by atoms with Gasteiger partial charge in [-0.25, -0.2) is 0 Å². The summed E-state index contributed by atoms with van der Waals surface area (Å²) in [5, 5.41) is 0. The van der Waals surface area contributed by atoms with E-state index in [1.807, 2.05) is 18.2 Å². The van der Waals surface area contributed by atoms with Gasteiger partial charge in [0.15, 0.2) is 17.8 Å². The van der Waals surface area contributed by atoms with Crippen molar-refractivity contribution in [3.63, 3.8) is 0 Å². The third-order valence-corrected chi connectivity index (χ3v) is 2.66. The van der Waals surface area contributed by atoms with E-state index in [0.717, 1.165) is 23.2 Å². The van der Waals surface area contributed by atoms with Crippen molar-refractivity contribution in [3.8, 4) is 22.6 Å². The Hall–Kier alpha value is -2.36. The smallest absolute Gasteiger partial charge is 0.231 e. The Kier molecular flexibility index (Phi) is 2.26. The molecule has 1 aromatic heterocycles. The molecule has 1 aliphatic heterocycles. The zero-order valence-corrected chi connectivity index (χ0v) is 8.92. The lowest BCUT2D eigenvalue weighted by molar-refractivity contribution is 0.112. The van der Waals surface area contributed by atoms with Gasteiger partial charge in [-0.3, -0.25) is 9.78 Å². The average Bonchev–Trinajstić information content (AvgIpc) is 2.85. The van der Waals surface area contributed by atoms with E-state index in [0.29, 0.717) is 11.3 Å². The van der Waals surface area contributed by atoms with Gasteiger partial charge in [0.1, 0.15) is 0 Å². The van der Waals surface area contributed by atoms with E-state index in [1.165, 1.54) is 0 Å². The molecule has 0 fully saturated rings. The lowest BCUT2D eigenvalue weighted by Crippen LogP contribution is -1.93. The Morgan fingerprint density at radius 2 is 2.06 bits per heavy atom. The van der Waals surface area contributed by atoms with Gasteiger partial charge in [-0.15, -0.1) is 0 Å². The first-order valence-corrected chi connectivity index (χ1v) is 5.18. The van der Waals surface area contributed by atoms with E-state index < -0.39 is 0 Å². The number of hydrogen-bond donors (Lipinski definition) is 0. The lowest BCUT2D eigenvalue weighted by Gasteiger charge is -2.05. The van der Waals surface area contributed by atoms with Crippen molar-refractivity contribution in [2.24, 2.45) is 0 Å². The topological polar surface area (TPSA) is 48.4 Å². The summed E-state index contributed by atoms with van der Waals surface area (Å²) in [7, 11) is 0. The van der Waals surface area contributed by atoms with Crippen LogP contribution in [0.4, 0.5) is 0 Å². The normalized spacial score (nSPS) is 12.5. The second-order valence-electron chi connectivity index (χ2n) is 3.65. The summed E-state index contributed by atoms with van der Waals surface area (Å²) < 4.78 is 10.5. The highest BCUT2D eigenvalue weighted by molar-refractivity contribution is 5.87. The van der Waals surface area contributed by atoms with Crippen LogP contribution in [0.5, 0.6) is 11.5 Å². The molecule has 0 saturated heterocycles. The van der Waals surface area contributed by atoms with Gasteiger partial charge < -0.3 is 9.47 Å². The Bertz CT molecular complexity index is 581. The maximum atomic E-state index is 10.9. The number of nitrogens with zero attached hydrogens (tertiary/aromatic N) is 1. The monoisotopic (exact) mass is 227 g/mol. The Morgan fingerprint density at radius 3 is 2.94 bits per heavy atom. The van der Waals surface area contributed by atoms with E-state index in [2.05, 4.69) is 4.98 Å². The van der Waals surface area contributed by atoms with Gasteiger partial charge in [0, 0.05) is 18.0 Å². The van der Waals surface area contributed by atoms with Crippen LogP contribution in [0.15, 0.2) is 36.7 Å². The fourth-order valence-corrected chi connectivity index (χ4v) is 1.83. The van der Waals surface area contributed by atoms with Crippen LogP contribution in [-0.4, -0.2) is 18.1 Å². The summed E-state index contributed by atoms with van der Waals surface area (Å²) in [6.07, 6.45) is 4.01. The Morgan fingerprint density at radius 1 is 1.18 bits per heavy atom. The summed E-state index contributed by atoms with van der Waals surface area (Å²) >= 11 is 0. The third-order valence-electron chi connectivity index (χ3n) is 2.66. The summed E-state index contributed by atoms with van der Waals surface area (Å²) in [5.41, 5.74) is 2.32. The van der Waals surface area contributed by atoms with E-state index in [-0.39, 0.29) is 6.79 Å². The molecule has 0 bridgehead atoms. The lowest BCUT2D eigenvalue weighted by atomic mass is 10.0. The van der Waals surface area contributed by atoms with Crippen molar-refractivity contribution >= 4 is 6.29 Å². The minimum Gasteiger partial charge on any atom is -0.454 e. The molecular formula is C13H9NO3. The van der Waals surface area contributed by atoms with Crippen LogP contribution in [0, 0.1) is 0 Å². The predicted molar refractivity (Wildman–Crippen MR) is 61.2 cm³/mol. The van der Waals surface area contributed by atoms with Crippen molar-refractivity contribution in [2.75, 3.05) is 6.79 Å². The Labute approximate surface area is 97.8 Å². The number of benzene rings is 1. The van der Waals surface area contributed by atoms with E-state index >= 15 is 0 Å². The molecule has 84 valence electrons. The Balaban J connectivity index is 2.12. The number of aldehydes is 1. The van der Waals surface area contributed by atoms with Gasteiger partial charge in [0.2, 0.25) is 6.79 Å². The molecule has 0 unspecified atom stereocenters. The van der Waals surface area contributed by atoms with Crippen LogP contribution in [-0.2, 0) is 0 Å². The minimum atomic E-state index is 0.246. The first-order chi connectivity index (χ1) is 8.38. The number of hydrogen-bond acceptors (Lipinski definition) is 4. The van der Waals surface area contributed by atoms with Gasteiger partial charge in [-0.05, 0) is 29.3 Å². The number of carbonyl (C=O) groups excluding carboxylic acids is 1. The molecule has 0 aliphatic carbocycles. The zero-order chi connectivity index (χ0) is 11.7. The van der Waals surface area contributed by atoms with Crippen molar-refractivity contribution in [3.05, 3.63) is 42.2 Å². The summed E-state index contributed by atoms with van der Waals surface area (Å²) in [4.78, 5) is 14.9. The van der Waals surface area contributed by atoms with Crippen molar-refractivity contribution in [2.45, 2.75) is 0 Å². The van der Waals surface area contributed by atoms with Crippen LogP contribution in [0.25, 0.3) is 11.1 Å². The van der Waals surface area contributed by atoms with Crippen molar-refractivity contribution in [1.82, 2.24) is 4.98 Å². The molecule has 0 spiro atoms.